The molecule has 6 aromatic rings. The summed E-state index contributed by atoms with van der Waals surface area (Å²) in [7, 11) is -4.74. The summed E-state index contributed by atoms with van der Waals surface area (Å²) in [5, 5.41) is 16.8. The minimum Gasteiger partial charge on any atom is -0.491 e. The molecule has 4 saturated heterocycles. The molecule has 1 spiro atoms. The summed E-state index contributed by atoms with van der Waals surface area (Å²) in [6.07, 6.45) is 8.44. The molecule has 0 bridgehead atoms. The first-order valence-corrected chi connectivity index (χ1v) is 34.5. The van der Waals surface area contributed by atoms with Crippen LogP contribution in [0.15, 0.2) is 77.8 Å². The maximum atomic E-state index is 15.1. The van der Waals surface area contributed by atoms with Crippen molar-refractivity contribution in [3.05, 3.63) is 117 Å². The number of sulfonamides is 1. The number of piperidine rings is 1. The zero-order chi connectivity index (χ0) is 63.6. The number of nitro benzene ring substituents is 1. The Hall–Kier alpha value is -7.28. The summed E-state index contributed by atoms with van der Waals surface area (Å²) in [6, 6.07) is 20.2. The van der Waals surface area contributed by atoms with Gasteiger partial charge in [-0.1, -0.05) is 32.0 Å². The zero-order valence-electron chi connectivity index (χ0n) is 53.6. The Morgan fingerprint density at radius 2 is 1.65 bits per heavy atom. The number of carbonyl (C=O) groups is 1. The number of hydrogen-bond donors (Lipinski definition) is 3. The summed E-state index contributed by atoms with van der Waals surface area (Å²) < 4.78 is 75.6. The van der Waals surface area contributed by atoms with Crippen LogP contribution < -0.4 is 38.8 Å². The number of aromatic nitrogens is 3. The monoisotopic (exact) mass is 1280 g/mol. The highest BCUT2D eigenvalue weighted by atomic mass is 32.2. The van der Waals surface area contributed by atoms with E-state index in [-0.39, 0.29) is 77.2 Å². The minimum atomic E-state index is -4.74. The molecule has 92 heavy (non-hydrogen) atoms. The number of aryl methyl sites for hydroxylation is 1. The SMILES string of the molecule is Cc1nc2c(c3c1OCCC3(C)C)[C@H](N1CCN(C3CC4(CCN(c5ccc(C(=O)NS(=O)(=O)c6cc7c(c([N+](=O)[O-])c6)N[C@H](C6CCOCC6)CO7)c(N6c7cc8cc[nH]c8nc7O[C@H]7COCC[C@@H]76)c5)CC4)C3)[C@H](c3ccccc3OC(C)C)C1)COC2(C)C. The molecule has 22 nitrogen and oxygen atoms in total. The number of ether oxygens (including phenoxy) is 7. The molecule has 1 amide bonds. The topological polar surface area (TPSA) is 238 Å². The molecule has 5 fully saturated rings. The maximum Gasteiger partial charge on any atom is 0.297 e. The quantitative estimate of drug-likeness (QED) is 0.0763. The molecule has 488 valence electrons. The van der Waals surface area contributed by atoms with E-state index in [1.54, 1.807) is 6.07 Å². The molecule has 3 N–H and O–H groups in total. The van der Waals surface area contributed by atoms with Crippen molar-refractivity contribution >= 4 is 55.4 Å². The van der Waals surface area contributed by atoms with E-state index in [1.807, 2.05) is 30.5 Å². The second-order valence-corrected chi connectivity index (χ2v) is 30.1. The molecule has 15 rings (SSSR count). The number of pyridine rings is 2. The van der Waals surface area contributed by atoms with Gasteiger partial charge in [0, 0.05) is 105 Å². The molecule has 1 aliphatic carbocycles. The summed E-state index contributed by atoms with van der Waals surface area (Å²) in [6.45, 7) is 22.7. The van der Waals surface area contributed by atoms with Crippen LogP contribution in [0.4, 0.5) is 28.4 Å². The Bertz CT molecular complexity index is 3990. The molecule has 5 atom stereocenters. The van der Waals surface area contributed by atoms with Crippen molar-refractivity contribution in [1.82, 2.24) is 29.5 Å². The van der Waals surface area contributed by atoms with Crippen molar-refractivity contribution < 1.29 is 51.3 Å². The van der Waals surface area contributed by atoms with E-state index in [9.17, 15) is 18.5 Å². The van der Waals surface area contributed by atoms with E-state index < -0.39 is 43.1 Å². The van der Waals surface area contributed by atoms with Crippen LogP contribution in [-0.4, -0.2) is 153 Å². The van der Waals surface area contributed by atoms with Crippen LogP contribution in [0.5, 0.6) is 23.1 Å². The van der Waals surface area contributed by atoms with Gasteiger partial charge >= 0.3 is 0 Å². The summed E-state index contributed by atoms with van der Waals surface area (Å²) in [5.41, 5.74) is 7.55. The van der Waals surface area contributed by atoms with Crippen molar-refractivity contribution in [3.8, 4) is 23.1 Å². The van der Waals surface area contributed by atoms with Gasteiger partial charge in [0.05, 0.1) is 82.5 Å². The number of fused-ring (bicyclic) bond motifs is 7. The third-order valence-electron chi connectivity index (χ3n) is 21.5. The predicted octanol–water partition coefficient (Wildman–Crippen LogP) is 10.5. The number of hydrogen-bond acceptors (Lipinski definition) is 19. The lowest BCUT2D eigenvalue weighted by Gasteiger charge is -2.59. The van der Waals surface area contributed by atoms with Crippen molar-refractivity contribution in [2.45, 2.75) is 158 Å². The highest BCUT2D eigenvalue weighted by Crippen LogP contribution is 2.56. The summed E-state index contributed by atoms with van der Waals surface area (Å²) in [5.74, 6) is 1.49. The fourth-order valence-corrected chi connectivity index (χ4v) is 17.6. The molecular formula is C69H84N10O12S. The maximum absolute atomic E-state index is 15.1. The number of amides is 1. The van der Waals surface area contributed by atoms with Gasteiger partial charge in [0.2, 0.25) is 5.88 Å². The molecule has 1 saturated carbocycles. The standard InChI is InChI=1S/C69H84N10O12S/c1-40(2)90-56-11-9-8-10-47(56)54-36-76(55-38-89-68(6,7)63-59(55)60-62(41(3)71-63)87-29-20-67(60,4)5)24-25-77(54)45-34-69(35-45)18-22-75(23-19-69)44-12-13-48(51(31-44)78-50-17-28-86-39-58(50)91-66-53(78)30-43-14-21-70-64(43)73-66)65(80)74-92(83,84)46-32-52(79(81)82)61-57(33-46)88-37-49(72-61)42-15-26-85-27-16-42/h8-14,21,30-33,40,42,45,49-50,54-55,58,72H,15-20,22-29,34-39H2,1-7H3,(H,70,73)(H,74,80)/t49-,50-,54-,55+,58-/m0/s1. The molecule has 11 heterocycles. The van der Waals surface area contributed by atoms with Gasteiger partial charge in [0.1, 0.15) is 41.1 Å². The number of aromatic amines is 1. The van der Waals surface area contributed by atoms with Crippen molar-refractivity contribution in [3.63, 3.8) is 0 Å². The van der Waals surface area contributed by atoms with Crippen molar-refractivity contribution in [2.24, 2.45) is 11.3 Å². The average molecular weight is 1280 g/mol. The van der Waals surface area contributed by atoms with Gasteiger partial charge in [-0.25, -0.2) is 13.1 Å². The lowest BCUT2D eigenvalue weighted by molar-refractivity contribution is -0.384. The normalized spacial score (nSPS) is 25.4. The first kappa shape index (κ1) is 60.9. The van der Waals surface area contributed by atoms with Gasteiger partial charge < -0.3 is 53.3 Å². The lowest BCUT2D eigenvalue weighted by Crippen LogP contribution is -2.60. The van der Waals surface area contributed by atoms with Gasteiger partial charge in [0.15, 0.2) is 11.4 Å². The van der Waals surface area contributed by atoms with Gasteiger partial charge in [-0.05, 0) is 139 Å². The third kappa shape index (κ3) is 10.8. The van der Waals surface area contributed by atoms with E-state index in [4.69, 9.17) is 43.1 Å². The van der Waals surface area contributed by atoms with Crippen LogP contribution in [0.3, 0.4) is 0 Å². The average Bonchev–Trinajstić information content (AvgIpc) is 0.942. The summed E-state index contributed by atoms with van der Waals surface area (Å²) in [4.78, 5) is 49.9. The van der Waals surface area contributed by atoms with Crippen LogP contribution >= 0.6 is 0 Å². The van der Waals surface area contributed by atoms with Gasteiger partial charge in [0.25, 0.3) is 21.6 Å². The van der Waals surface area contributed by atoms with Crippen LogP contribution in [-0.2, 0) is 35.2 Å². The van der Waals surface area contributed by atoms with Crippen LogP contribution in [0, 0.1) is 28.4 Å². The zero-order valence-corrected chi connectivity index (χ0v) is 54.4. The van der Waals surface area contributed by atoms with E-state index >= 15 is 4.79 Å². The van der Waals surface area contributed by atoms with E-state index in [2.05, 4.69) is 107 Å². The molecule has 3 aromatic heterocycles. The number of H-pyrrole nitrogens is 1. The molecular weight excluding hydrogens is 1190 g/mol. The van der Waals surface area contributed by atoms with Gasteiger partial charge in [-0.3, -0.25) is 29.7 Å². The molecule has 3 aromatic carbocycles. The number of benzene rings is 3. The number of nitrogens with one attached hydrogen (secondary N) is 3. The van der Waals surface area contributed by atoms with Crippen LogP contribution in [0.25, 0.3) is 11.0 Å². The number of para-hydroxylation sites is 1. The largest absolute Gasteiger partial charge is 0.491 e. The number of piperazine rings is 1. The molecule has 9 aliphatic rings. The Balaban J connectivity index is 0.711. The Kier molecular flexibility index (Phi) is 15.4. The van der Waals surface area contributed by atoms with Crippen LogP contribution in [0.2, 0.25) is 0 Å². The highest BCUT2D eigenvalue weighted by molar-refractivity contribution is 7.90. The Morgan fingerprint density at radius 1 is 0.859 bits per heavy atom. The lowest BCUT2D eigenvalue weighted by atomic mass is 9.59. The van der Waals surface area contributed by atoms with Crippen molar-refractivity contribution in [1.29, 1.82) is 0 Å². The van der Waals surface area contributed by atoms with Gasteiger partial charge in [-0.2, -0.15) is 4.98 Å². The molecule has 0 radical (unpaired) electrons. The van der Waals surface area contributed by atoms with E-state index in [0.29, 0.717) is 68.4 Å². The van der Waals surface area contributed by atoms with Crippen molar-refractivity contribution in [2.75, 3.05) is 94.1 Å². The molecule has 8 aliphatic heterocycles. The number of carbonyl (C=O) groups excluding carboxylic acids is 1. The second kappa shape index (κ2) is 23.3. The number of anilines is 4. The fraction of sp³-hybridized carbons (Fsp3) is 0.551. The smallest absolute Gasteiger partial charge is 0.297 e. The fourth-order valence-electron chi connectivity index (χ4n) is 16.6. The van der Waals surface area contributed by atoms with Crippen LogP contribution in [0.1, 0.15) is 143 Å². The number of nitro groups is 1. The summed E-state index contributed by atoms with van der Waals surface area (Å²) >= 11 is 0. The Morgan fingerprint density at radius 3 is 2.45 bits per heavy atom. The highest BCUT2D eigenvalue weighted by Gasteiger charge is 2.53. The number of nitrogens with zero attached hydrogens (tertiary/aromatic N) is 7. The first-order chi connectivity index (χ1) is 44.2. The van der Waals surface area contributed by atoms with E-state index in [1.165, 1.54) is 22.8 Å². The van der Waals surface area contributed by atoms with Gasteiger partial charge in [-0.15, -0.1) is 0 Å². The third-order valence-corrected chi connectivity index (χ3v) is 22.8. The number of rotatable bonds is 12. The molecule has 0 unspecified atom stereocenters. The predicted molar refractivity (Wildman–Crippen MR) is 346 cm³/mol. The Labute approximate surface area is 537 Å². The minimum absolute atomic E-state index is 0.00357. The first-order valence-electron chi connectivity index (χ1n) is 33.1. The van der Waals surface area contributed by atoms with E-state index in [0.717, 1.165) is 118 Å². The second-order valence-electron chi connectivity index (χ2n) is 28.4. The molecule has 23 heteroatoms.